The molecular weight excluding hydrogens is 330 g/mol. The second-order valence-corrected chi connectivity index (χ2v) is 5.42. The van der Waals surface area contributed by atoms with E-state index < -0.39 is 0 Å². The van der Waals surface area contributed by atoms with E-state index in [9.17, 15) is 4.79 Å². The summed E-state index contributed by atoms with van der Waals surface area (Å²) in [6.07, 6.45) is 3.02. The van der Waals surface area contributed by atoms with Crippen molar-refractivity contribution in [3.63, 3.8) is 0 Å². The molecule has 24 heavy (non-hydrogen) atoms. The van der Waals surface area contributed by atoms with Crippen molar-refractivity contribution in [3.05, 3.63) is 50.5 Å². The SMILES string of the molecule is COc1cc(C(=O)/C=C/c2sccc2N=[N+]=[N-])cc(OC)c1OC. The fraction of sp³-hybridized carbons (Fsp3) is 0.188. The van der Waals surface area contributed by atoms with Crippen LogP contribution in [-0.2, 0) is 0 Å². The van der Waals surface area contributed by atoms with Crippen molar-refractivity contribution in [2.75, 3.05) is 21.3 Å². The zero-order chi connectivity index (χ0) is 17.5. The van der Waals surface area contributed by atoms with Crippen LogP contribution in [-0.4, -0.2) is 27.1 Å². The third-order valence-corrected chi connectivity index (χ3v) is 4.03. The second kappa shape index (κ2) is 8.05. The molecule has 0 N–H and O–H groups in total. The number of hydrogen-bond donors (Lipinski definition) is 0. The van der Waals surface area contributed by atoms with Gasteiger partial charge in [-0.25, -0.2) is 0 Å². The van der Waals surface area contributed by atoms with E-state index in [0.29, 0.717) is 33.4 Å². The molecule has 1 aromatic carbocycles. The van der Waals surface area contributed by atoms with Crippen molar-refractivity contribution in [1.82, 2.24) is 0 Å². The van der Waals surface area contributed by atoms with Crippen LogP contribution in [0.15, 0.2) is 34.8 Å². The van der Waals surface area contributed by atoms with Gasteiger partial charge in [-0.05, 0) is 41.3 Å². The predicted octanol–water partition coefficient (Wildman–Crippen LogP) is 4.61. The Labute approximate surface area is 142 Å². The first-order chi connectivity index (χ1) is 11.6. The summed E-state index contributed by atoms with van der Waals surface area (Å²) in [5.41, 5.74) is 9.39. The number of azide groups is 1. The molecule has 0 unspecified atom stereocenters. The van der Waals surface area contributed by atoms with E-state index in [1.165, 1.54) is 38.7 Å². The Kier molecular flexibility index (Phi) is 5.83. The zero-order valence-corrected chi connectivity index (χ0v) is 14.2. The van der Waals surface area contributed by atoms with E-state index in [2.05, 4.69) is 10.0 Å². The maximum Gasteiger partial charge on any atom is 0.203 e. The van der Waals surface area contributed by atoms with Gasteiger partial charge in [-0.3, -0.25) is 4.79 Å². The van der Waals surface area contributed by atoms with Gasteiger partial charge in [0.05, 0.1) is 27.0 Å². The van der Waals surface area contributed by atoms with Crippen LogP contribution in [0.2, 0.25) is 0 Å². The highest BCUT2D eigenvalue weighted by Crippen LogP contribution is 2.38. The van der Waals surface area contributed by atoms with Gasteiger partial charge in [0.2, 0.25) is 5.75 Å². The Morgan fingerprint density at radius 1 is 1.21 bits per heavy atom. The Hall–Kier alpha value is -2.96. The summed E-state index contributed by atoms with van der Waals surface area (Å²) in [4.78, 5) is 15.9. The fourth-order valence-corrected chi connectivity index (χ4v) is 2.76. The van der Waals surface area contributed by atoms with Gasteiger partial charge in [0.25, 0.3) is 0 Å². The highest BCUT2D eigenvalue weighted by atomic mass is 32.1. The van der Waals surface area contributed by atoms with Gasteiger partial charge in [-0.15, -0.1) is 11.3 Å². The number of thiophene rings is 1. The van der Waals surface area contributed by atoms with Gasteiger partial charge in [0.1, 0.15) is 0 Å². The van der Waals surface area contributed by atoms with Gasteiger partial charge in [-0.1, -0.05) is 5.11 Å². The van der Waals surface area contributed by atoms with Crippen molar-refractivity contribution >= 4 is 28.9 Å². The first kappa shape index (κ1) is 17.4. The molecule has 0 aliphatic heterocycles. The standard InChI is InChI=1S/C16H15N3O4S/c1-21-13-8-10(9-14(22-2)16(13)23-3)12(20)4-5-15-11(18-19-17)6-7-24-15/h4-9H,1-3H3/b5-4+. The molecule has 0 fully saturated rings. The summed E-state index contributed by atoms with van der Waals surface area (Å²) in [5, 5.41) is 5.35. The molecule has 0 saturated heterocycles. The molecule has 124 valence electrons. The van der Waals surface area contributed by atoms with Crippen molar-refractivity contribution < 1.29 is 19.0 Å². The minimum atomic E-state index is -0.241. The summed E-state index contributed by atoms with van der Waals surface area (Å²) in [5.74, 6) is 0.984. The number of carbonyl (C=O) groups is 1. The van der Waals surface area contributed by atoms with E-state index in [1.807, 2.05) is 0 Å². The maximum atomic E-state index is 12.4. The molecule has 7 nitrogen and oxygen atoms in total. The first-order valence-electron chi connectivity index (χ1n) is 6.79. The third kappa shape index (κ3) is 3.68. The molecule has 0 radical (unpaired) electrons. The molecule has 8 heteroatoms. The average molecular weight is 345 g/mol. The molecule has 0 aliphatic rings. The normalized spacial score (nSPS) is 10.3. The number of ketones is 1. The third-order valence-electron chi connectivity index (χ3n) is 3.16. The van der Waals surface area contributed by atoms with E-state index in [0.717, 1.165) is 0 Å². The number of ether oxygens (including phenoxy) is 3. The lowest BCUT2D eigenvalue weighted by Crippen LogP contribution is -2.00. The summed E-state index contributed by atoms with van der Waals surface area (Å²) in [6.45, 7) is 0. The number of benzene rings is 1. The van der Waals surface area contributed by atoms with Crippen LogP contribution < -0.4 is 14.2 Å². The molecular formula is C16H15N3O4S. The van der Waals surface area contributed by atoms with E-state index in [1.54, 1.807) is 29.7 Å². The molecule has 1 heterocycles. The summed E-state index contributed by atoms with van der Waals surface area (Å²) in [6, 6.07) is 4.85. The number of carbonyl (C=O) groups excluding carboxylic acids is 1. The van der Waals surface area contributed by atoms with Crippen LogP contribution in [0.25, 0.3) is 16.5 Å². The van der Waals surface area contributed by atoms with Crippen LogP contribution in [0.1, 0.15) is 15.2 Å². The predicted molar refractivity (Wildman–Crippen MR) is 92.6 cm³/mol. The highest BCUT2D eigenvalue weighted by Gasteiger charge is 2.15. The van der Waals surface area contributed by atoms with Crippen LogP contribution in [0.5, 0.6) is 17.2 Å². The highest BCUT2D eigenvalue weighted by molar-refractivity contribution is 7.11. The summed E-state index contributed by atoms with van der Waals surface area (Å²) in [7, 11) is 4.47. The van der Waals surface area contributed by atoms with Crippen LogP contribution in [0, 0.1) is 0 Å². The lowest BCUT2D eigenvalue weighted by Gasteiger charge is -2.13. The molecule has 2 rings (SSSR count). The number of rotatable bonds is 7. The molecule has 0 aliphatic carbocycles. The first-order valence-corrected chi connectivity index (χ1v) is 7.67. The number of hydrogen-bond acceptors (Lipinski definition) is 6. The van der Waals surface area contributed by atoms with Crippen molar-refractivity contribution in [2.24, 2.45) is 5.11 Å². The van der Waals surface area contributed by atoms with Gasteiger partial charge in [-0.2, -0.15) is 0 Å². The zero-order valence-electron chi connectivity index (χ0n) is 13.3. The quantitative estimate of drug-likeness (QED) is 0.241. The maximum absolute atomic E-state index is 12.4. The molecule has 0 saturated carbocycles. The number of methoxy groups -OCH3 is 3. The fourth-order valence-electron chi connectivity index (χ4n) is 2.04. The van der Waals surface area contributed by atoms with Gasteiger partial charge >= 0.3 is 0 Å². The lowest BCUT2D eigenvalue weighted by atomic mass is 10.1. The van der Waals surface area contributed by atoms with Crippen molar-refractivity contribution in [1.29, 1.82) is 0 Å². The minimum Gasteiger partial charge on any atom is -0.493 e. The Morgan fingerprint density at radius 3 is 2.42 bits per heavy atom. The molecule has 0 spiro atoms. The molecule has 2 aromatic rings. The van der Waals surface area contributed by atoms with E-state index >= 15 is 0 Å². The Bertz CT molecular complexity index is 797. The number of allylic oxidation sites excluding steroid dienone is 1. The lowest BCUT2D eigenvalue weighted by molar-refractivity contribution is 0.104. The van der Waals surface area contributed by atoms with Crippen molar-refractivity contribution in [2.45, 2.75) is 0 Å². The van der Waals surface area contributed by atoms with Crippen molar-refractivity contribution in [3.8, 4) is 17.2 Å². The molecule has 0 amide bonds. The van der Waals surface area contributed by atoms with Crippen LogP contribution in [0.3, 0.4) is 0 Å². The molecule has 0 bridgehead atoms. The summed E-state index contributed by atoms with van der Waals surface area (Å²) >= 11 is 1.37. The topological polar surface area (TPSA) is 93.5 Å². The number of nitrogens with zero attached hydrogens (tertiary/aromatic N) is 3. The van der Waals surface area contributed by atoms with Crippen LogP contribution >= 0.6 is 11.3 Å². The Morgan fingerprint density at radius 2 is 1.88 bits per heavy atom. The second-order valence-electron chi connectivity index (χ2n) is 4.47. The molecule has 1 aromatic heterocycles. The van der Waals surface area contributed by atoms with Gasteiger partial charge in [0, 0.05) is 15.4 Å². The Balaban J connectivity index is 2.34. The summed E-state index contributed by atoms with van der Waals surface area (Å²) < 4.78 is 15.7. The smallest absolute Gasteiger partial charge is 0.203 e. The molecule has 0 atom stereocenters. The van der Waals surface area contributed by atoms with Crippen LogP contribution in [0.4, 0.5) is 5.69 Å². The minimum absolute atomic E-state index is 0.241. The van der Waals surface area contributed by atoms with E-state index in [4.69, 9.17) is 19.7 Å². The monoisotopic (exact) mass is 345 g/mol. The van der Waals surface area contributed by atoms with Gasteiger partial charge < -0.3 is 14.2 Å². The largest absolute Gasteiger partial charge is 0.493 e. The van der Waals surface area contributed by atoms with E-state index in [-0.39, 0.29) is 5.78 Å². The van der Waals surface area contributed by atoms with Gasteiger partial charge in [0.15, 0.2) is 17.3 Å². The average Bonchev–Trinajstić information content (AvgIpc) is 3.05.